The van der Waals surface area contributed by atoms with Crippen LogP contribution in [0.5, 0.6) is 0 Å². The van der Waals surface area contributed by atoms with E-state index >= 15 is 0 Å². The molecule has 1 aromatic carbocycles. The number of ether oxygens (including phenoxy) is 3. The number of rotatable bonds is 17. The molecule has 2 aromatic heterocycles. The molecule has 0 spiro atoms. The second kappa shape index (κ2) is 16.8. The number of aliphatic hydroxyl groups is 1. The van der Waals surface area contributed by atoms with Crippen LogP contribution in [0.2, 0.25) is 0 Å². The Balaban J connectivity index is 1.43. The third kappa shape index (κ3) is 8.95. The van der Waals surface area contributed by atoms with Crippen molar-refractivity contribution in [1.82, 2.24) is 20.4 Å². The van der Waals surface area contributed by atoms with E-state index in [0.717, 1.165) is 28.1 Å². The number of hydrogen-bond acceptors (Lipinski definition) is 10. The van der Waals surface area contributed by atoms with Gasteiger partial charge in [-0.15, -0.1) is 11.3 Å². The Kier molecular flexibility index (Phi) is 12.9. The highest BCUT2D eigenvalue weighted by Gasteiger charge is 2.40. The summed E-state index contributed by atoms with van der Waals surface area (Å²) in [7, 11) is 0. The van der Waals surface area contributed by atoms with Crippen molar-refractivity contribution in [2.75, 3.05) is 52.8 Å². The molecule has 1 fully saturated rings. The van der Waals surface area contributed by atoms with Gasteiger partial charge in [-0.05, 0) is 43.7 Å². The lowest BCUT2D eigenvalue weighted by molar-refractivity contribution is -0.141. The maximum absolute atomic E-state index is 13.8. The summed E-state index contributed by atoms with van der Waals surface area (Å²) in [6.45, 7) is 10.3. The van der Waals surface area contributed by atoms with Crippen LogP contribution < -0.4 is 5.32 Å². The van der Waals surface area contributed by atoms with E-state index in [-0.39, 0.29) is 37.6 Å². The largest absolute Gasteiger partial charge is 0.394 e. The zero-order chi connectivity index (χ0) is 31.5. The molecule has 1 saturated heterocycles. The van der Waals surface area contributed by atoms with Crippen molar-refractivity contribution in [3.05, 3.63) is 58.6 Å². The molecule has 0 bridgehead atoms. The number of amides is 2. The van der Waals surface area contributed by atoms with Crippen molar-refractivity contribution < 1.29 is 33.4 Å². The molecule has 3 aromatic rings. The molecule has 0 radical (unpaired) electrons. The molecule has 0 saturated carbocycles. The highest BCUT2D eigenvalue weighted by Crippen LogP contribution is 2.32. The Hall–Kier alpha value is -3.16. The van der Waals surface area contributed by atoms with Gasteiger partial charge in [0, 0.05) is 12.6 Å². The van der Waals surface area contributed by atoms with E-state index in [4.69, 9.17) is 23.8 Å². The van der Waals surface area contributed by atoms with Crippen molar-refractivity contribution in [3.8, 4) is 10.4 Å². The van der Waals surface area contributed by atoms with Gasteiger partial charge >= 0.3 is 0 Å². The fourth-order valence-electron chi connectivity index (χ4n) is 5.39. The Morgan fingerprint density at radius 3 is 2.41 bits per heavy atom. The average Bonchev–Trinajstić information content (AvgIpc) is 3.77. The summed E-state index contributed by atoms with van der Waals surface area (Å²) >= 11 is 1.59. The number of thiazole rings is 1. The first-order valence-corrected chi connectivity index (χ1v) is 16.1. The monoisotopic (exact) mass is 628 g/mol. The Morgan fingerprint density at radius 2 is 1.80 bits per heavy atom. The highest BCUT2D eigenvalue weighted by atomic mass is 32.1. The molecule has 44 heavy (non-hydrogen) atoms. The quantitative estimate of drug-likeness (QED) is 0.212. The second-order valence-electron chi connectivity index (χ2n) is 11.3. The number of aromatic nitrogens is 2. The molecule has 1 aliphatic heterocycles. The molecule has 12 heteroatoms. The van der Waals surface area contributed by atoms with Gasteiger partial charge < -0.3 is 34.1 Å². The van der Waals surface area contributed by atoms with Gasteiger partial charge in [0.15, 0.2) is 0 Å². The SMILES string of the molecule is Cc1cc(C(C(=O)N2CCC[C@H]2C(=O)N[C@@H](COCCOCCOCCO)c2ccc(-c3scnc3C)cc2)C(C)C)on1. The van der Waals surface area contributed by atoms with Crippen LogP contribution in [0.15, 0.2) is 40.4 Å². The minimum absolute atomic E-state index is 0.0206. The Labute approximate surface area is 262 Å². The number of aliphatic hydroxyl groups excluding tert-OH is 1. The number of nitrogens with zero attached hydrogens (tertiary/aromatic N) is 3. The average molecular weight is 629 g/mol. The summed E-state index contributed by atoms with van der Waals surface area (Å²) < 4.78 is 22.2. The summed E-state index contributed by atoms with van der Waals surface area (Å²) in [5.41, 5.74) is 5.48. The zero-order valence-electron chi connectivity index (χ0n) is 26.0. The summed E-state index contributed by atoms with van der Waals surface area (Å²) in [4.78, 5) is 34.7. The summed E-state index contributed by atoms with van der Waals surface area (Å²) in [5.74, 6) is -0.338. The fraction of sp³-hybridized carbons (Fsp3) is 0.562. The summed E-state index contributed by atoms with van der Waals surface area (Å²) in [5, 5.41) is 15.9. The van der Waals surface area contributed by atoms with Gasteiger partial charge in [-0.1, -0.05) is 43.3 Å². The molecule has 1 unspecified atom stereocenters. The number of likely N-dealkylation sites (tertiary alicyclic amines) is 1. The van der Waals surface area contributed by atoms with Crippen molar-refractivity contribution in [3.63, 3.8) is 0 Å². The predicted molar refractivity (Wildman–Crippen MR) is 166 cm³/mol. The van der Waals surface area contributed by atoms with E-state index in [1.807, 2.05) is 57.5 Å². The van der Waals surface area contributed by atoms with Crippen molar-refractivity contribution in [2.45, 2.75) is 58.5 Å². The Morgan fingerprint density at radius 1 is 1.09 bits per heavy atom. The minimum Gasteiger partial charge on any atom is -0.394 e. The van der Waals surface area contributed by atoms with E-state index in [0.29, 0.717) is 50.8 Å². The van der Waals surface area contributed by atoms with Gasteiger partial charge in [0.2, 0.25) is 11.8 Å². The molecular formula is C32H44N4O7S. The lowest BCUT2D eigenvalue weighted by Gasteiger charge is -2.30. The second-order valence-corrected chi connectivity index (χ2v) is 12.1. The molecule has 3 heterocycles. The predicted octanol–water partition coefficient (Wildman–Crippen LogP) is 4.05. The lowest BCUT2D eigenvalue weighted by atomic mass is 9.91. The van der Waals surface area contributed by atoms with Crippen LogP contribution in [0.4, 0.5) is 0 Å². The molecule has 4 rings (SSSR count). The normalized spacial score (nSPS) is 16.4. The number of hydrogen-bond donors (Lipinski definition) is 2. The van der Waals surface area contributed by atoms with Crippen LogP contribution >= 0.6 is 11.3 Å². The van der Waals surface area contributed by atoms with Crippen LogP contribution in [0.1, 0.15) is 61.4 Å². The van der Waals surface area contributed by atoms with Crippen LogP contribution in [0, 0.1) is 19.8 Å². The topological polar surface area (TPSA) is 136 Å². The van der Waals surface area contributed by atoms with E-state index < -0.39 is 18.0 Å². The van der Waals surface area contributed by atoms with Gasteiger partial charge in [-0.3, -0.25) is 9.59 Å². The first kappa shape index (κ1) is 33.7. The minimum atomic E-state index is -0.586. The lowest BCUT2D eigenvalue weighted by Crippen LogP contribution is -2.49. The van der Waals surface area contributed by atoms with Gasteiger partial charge in [-0.2, -0.15) is 0 Å². The molecule has 1 aliphatic rings. The van der Waals surface area contributed by atoms with Crippen LogP contribution in [0.3, 0.4) is 0 Å². The van der Waals surface area contributed by atoms with Crippen LogP contribution in [0.25, 0.3) is 10.4 Å². The van der Waals surface area contributed by atoms with E-state index in [2.05, 4.69) is 15.5 Å². The summed E-state index contributed by atoms with van der Waals surface area (Å²) in [6.07, 6.45) is 1.33. The van der Waals surface area contributed by atoms with Gasteiger partial charge in [-0.25, -0.2) is 4.98 Å². The molecular weight excluding hydrogens is 584 g/mol. The fourth-order valence-corrected chi connectivity index (χ4v) is 6.20. The zero-order valence-corrected chi connectivity index (χ0v) is 26.8. The maximum Gasteiger partial charge on any atom is 0.243 e. The molecule has 2 N–H and O–H groups in total. The number of benzene rings is 1. The third-order valence-electron chi connectivity index (χ3n) is 7.63. The molecule has 0 aliphatic carbocycles. The molecule has 3 atom stereocenters. The first-order valence-electron chi connectivity index (χ1n) is 15.2. The smallest absolute Gasteiger partial charge is 0.243 e. The number of carbonyl (C=O) groups is 2. The van der Waals surface area contributed by atoms with E-state index in [1.165, 1.54) is 0 Å². The van der Waals surface area contributed by atoms with Gasteiger partial charge in [0.1, 0.15) is 17.7 Å². The summed E-state index contributed by atoms with van der Waals surface area (Å²) in [6, 6.07) is 8.83. The number of aryl methyl sites for hydroxylation is 2. The first-order chi connectivity index (χ1) is 21.3. The third-order valence-corrected chi connectivity index (χ3v) is 8.60. The van der Waals surface area contributed by atoms with Crippen LogP contribution in [-0.4, -0.2) is 90.8 Å². The van der Waals surface area contributed by atoms with Crippen molar-refractivity contribution >= 4 is 23.2 Å². The van der Waals surface area contributed by atoms with E-state index in [1.54, 1.807) is 22.3 Å². The maximum atomic E-state index is 13.8. The van der Waals surface area contributed by atoms with Crippen LogP contribution in [-0.2, 0) is 23.8 Å². The number of nitrogens with one attached hydrogen (secondary N) is 1. The molecule has 2 amide bonds. The van der Waals surface area contributed by atoms with Crippen molar-refractivity contribution in [1.29, 1.82) is 0 Å². The number of carbonyl (C=O) groups excluding carboxylic acids is 2. The van der Waals surface area contributed by atoms with Gasteiger partial charge in [0.25, 0.3) is 0 Å². The van der Waals surface area contributed by atoms with Crippen molar-refractivity contribution in [2.24, 2.45) is 5.92 Å². The molecule has 11 nitrogen and oxygen atoms in total. The van der Waals surface area contributed by atoms with E-state index in [9.17, 15) is 9.59 Å². The Bertz CT molecular complexity index is 1330. The highest BCUT2D eigenvalue weighted by molar-refractivity contribution is 7.13. The van der Waals surface area contributed by atoms with Gasteiger partial charge in [0.05, 0.1) is 74.1 Å². The standard InChI is InChI=1S/C32H44N4O7S/c1-21(2)29(28-18-22(3)35-43-28)32(39)36-11-5-6-27(36)31(38)34-26(19-42-17-16-41-15-14-40-13-12-37)24-7-9-25(10-8-24)30-23(4)33-20-44-30/h7-10,18,20-21,26-27,29,37H,5-6,11-17,19H2,1-4H3,(H,34,38)/t26-,27-,29?/m0/s1. The molecule has 240 valence electrons.